The molecule has 0 unspecified atom stereocenters. The van der Waals surface area contributed by atoms with Crippen molar-refractivity contribution < 1.29 is 0 Å². The molecule has 0 fully saturated rings. The van der Waals surface area contributed by atoms with E-state index in [2.05, 4.69) is 57.1 Å². The van der Waals surface area contributed by atoms with Gasteiger partial charge >= 0.3 is 0 Å². The molecule has 4 rings (SSSR count). The van der Waals surface area contributed by atoms with Crippen LogP contribution < -0.4 is 0 Å². The fourth-order valence-corrected chi connectivity index (χ4v) is 2.68. The third-order valence-electron chi connectivity index (χ3n) is 3.86. The van der Waals surface area contributed by atoms with Gasteiger partial charge < -0.3 is 4.57 Å². The Bertz CT molecular complexity index is 922. The molecule has 0 amide bonds. The van der Waals surface area contributed by atoms with Crippen molar-refractivity contribution in [2.75, 3.05) is 0 Å². The van der Waals surface area contributed by atoms with Gasteiger partial charge in [0.25, 0.3) is 0 Å². The molecule has 0 N–H and O–H groups in total. The molecule has 0 radical (unpaired) electrons. The maximum absolute atomic E-state index is 4.38. The van der Waals surface area contributed by atoms with Crippen molar-refractivity contribution in [2.45, 2.75) is 6.92 Å². The first-order valence-corrected chi connectivity index (χ1v) is 7.26. The van der Waals surface area contributed by atoms with Crippen LogP contribution in [0.5, 0.6) is 0 Å². The summed E-state index contributed by atoms with van der Waals surface area (Å²) in [5.74, 6) is 0. The summed E-state index contributed by atoms with van der Waals surface area (Å²) < 4.78 is 2.16. The third-order valence-corrected chi connectivity index (χ3v) is 3.86. The van der Waals surface area contributed by atoms with Gasteiger partial charge in [-0.1, -0.05) is 12.1 Å². The number of benzene rings is 1. The molecule has 0 aliphatic rings. The minimum Gasteiger partial charge on any atom is -0.315 e. The second kappa shape index (κ2) is 5.11. The first-order chi connectivity index (χ1) is 10.8. The quantitative estimate of drug-likeness (QED) is 0.546. The summed E-state index contributed by atoms with van der Waals surface area (Å²) in [6.07, 6.45) is 7.68. The van der Waals surface area contributed by atoms with Gasteiger partial charge in [-0.25, -0.2) is 0 Å². The van der Waals surface area contributed by atoms with E-state index in [-0.39, 0.29) is 0 Å². The fraction of sp³-hybridized carbons (Fsp3) is 0.0526. The summed E-state index contributed by atoms with van der Waals surface area (Å²) in [7, 11) is 0. The van der Waals surface area contributed by atoms with Crippen LogP contribution in [0.1, 0.15) is 5.69 Å². The van der Waals surface area contributed by atoms with Crippen molar-refractivity contribution in [2.24, 2.45) is 0 Å². The second-order valence-corrected chi connectivity index (χ2v) is 5.36. The lowest BCUT2D eigenvalue weighted by molar-refractivity contribution is 1.08. The Morgan fingerprint density at radius 1 is 0.909 bits per heavy atom. The van der Waals surface area contributed by atoms with Crippen LogP contribution in [0.3, 0.4) is 0 Å². The first-order valence-electron chi connectivity index (χ1n) is 7.26. The highest BCUT2D eigenvalue weighted by Crippen LogP contribution is 2.26. The number of hydrogen-bond donors (Lipinski definition) is 0. The van der Waals surface area contributed by atoms with Crippen molar-refractivity contribution in [1.29, 1.82) is 0 Å². The predicted octanol–water partition coefficient (Wildman–Crippen LogP) is 4.40. The van der Waals surface area contributed by atoms with Gasteiger partial charge in [-0.15, -0.1) is 0 Å². The van der Waals surface area contributed by atoms with Crippen LogP contribution in [0.2, 0.25) is 0 Å². The number of hydrogen-bond acceptors (Lipinski definition) is 2. The summed E-state index contributed by atoms with van der Waals surface area (Å²) in [6.45, 7) is 2.00. The summed E-state index contributed by atoms with van der Waals surface area (Å²) in [5.41, 5.74) is 5.60. The molecule has 0 atom stereocenters. The number of fused-ring (bicyclic) bond motifs is 1. The normalized spacial score (nSPS) is 11.0. The smallest absolute Gasteiger partial charge is 0.0639 e. The average molecular weight is 285 g/mol. The van der Waals surface area contributed by atoms with Crippen LogP contribution in [0.4, 0.5) is 0 Å². The lowest BCUT2D eigenvalue weighted by Crippen LogP contribution is -1.93. The summed E-state index contributed by atoms with van der Waals surface area (Å²) in [5, 5.41) is 1.21. The van der Waals surface area contributed by atoms with Gasteiger partial charge in [0.2, 0.25) is 0 Å². The van der Waals surface area contributed by atoms with Crippen LogP contribution in [0.25, 0.3) is 27.7 Å². The highest BCUT2D eigenvalue weighted by atomic mass is 15.0. The SMILES string of the molecule is Cc1ccc(-n2ccc3cc(-c4cccnc4)ccc32)cn1. The molecule has 0 spiro atoms. The molecule has 0 aliphatic heterocycles. The molecule has 106 valence electrons. The Balaban J connectivity index is 1.82. The molecule has 4 aromatic rings. The Hall–Kier alpha value is -2.94. The van der Waals surface area contributed by atoms with Crippen LogP contribution in [0, 0.1) is 6.92 Å². The van der Waals surface area contributed by atoms with Crippen LogP contribution in [-0.4, -0.2) is 14.5 Å². The third kappa shape index (κ3) is 2.17. The largest absolute Gasteiger partial charge is 0.315 e. The van der Waals surface area contributed by atoms with E-state index < -0.39 is 0 Å². The van der Waals surface area contributed by atoms with E-state index in [9.17, 15) is 0 Å². The van der Waals surface area contributed by atoms with Gasteiger partial charge in [0.05, 0.1) is 17.4 Å². The minimum absolute atomic E-state index is 1.03. The molecule has 0 aliphatic carbocycles. The van der Waals surface area contributed by atoms with Gasteiger partial charge in [-0.3, -0.25) is 9.97 Å². The van der Waals surface area contributed by atoms with Crippen molar-refractivity contribution in [1.82, 2.24) is 14.5 Å². The van der Waals surface area contributed by atoms with E-state index in [4.69, 9.17) is 0 Å². The lowest BCUT2D eigenvalue weighted by Gasteiger charge is -2.06. The number of pyridine rings is 2. The van der Waals surface area contributed by atoms with E-state index in [0.29, 0.717) is 0 Å². The van der Waals surface area contributed by atoms with Gasteiger partial charge in [0.15, 0.2) is 0 Å². The van der Waals surface area contributed by atoms with E-state index in [1.165, 1.54) is 16.5 Å². The van der Waals surface area contributed by atoms with E-state index >= 15 is 0 Å². The van der Waals surface area contributed by atoms with E-state index in [1.54, 1.807) is 6.20 Å². The average Bonchev–Trinajstić information content (AvgIpc) is 2.99. The Labute approximate surface area is 128 Å². The molecule has 3 heterocycles. The number of rotatable bonds is 2. The Morgan fingerprint density at radius 2 is 1.86 bits per heavy atom. The molecular weight excluding hydrogens is 270 g/mol. The van der Waals surface area contributed by atoms with Crippen LogP contribution >= 0.6 is 0 Å². The zero-order valence-electron chi connectivity index (χ0n) is 12.3. The van der Waals surface area contributed by atoms with Gasteiger partial charge in [0.1, 0.15) is 0 Å². The van der Waals surface area contributed by atoms with Crippen LogP contribution in [-0.2, 0) is 0 Å². The monoisotopic (exact) mass is 285 g/mol. The number of aryl methyl sites for hydroxylation is 1. The zero-order valence-corrected chi connectivity index (χ0v) is 12.3. The highest BCUT2D eigenvalue weighted by Gasteiger charge is 2.05. The summed E-state index contributed by atoms with van der Waals surface area (Å²) in [4.78, 5) is 8.57. The van der Waals surface area contributed by atoms with Gasteiger partial charge in [0, 0.05) is 35.2 Å². The fourth-order valence-electron chi connectivity index (χ4n) is 2.68. The van der Waals surface area contributed by atoms with E-state index in [1.807, 2.05) is 31.5 Å². The lowest BCUT2D eigenvalue weighted by atomic mass is 10.1. The standard InChI is InChI=1S/C19H15N3/c1-14-4-6-18(13-21-14)22-10-8-16-11-15(5-7-19(16)22)17-3-2-9-20-12-17/h2-13H,1H3. The van der Waals surface area contributed by atoms with Crippen molar-refractivity contribution in [3.8, 4) is 16.8 Å². The van der Waals surface area contributed by atoms with Gasteiger partial charge in [-0.2, -0.15) is 0 Å². The molecule has 0 bridgehead atoms. The first kappa shape index (κ1) is 12.8. The minimum atomic E-state index is 1.03. The second-order valence-electron chi connectivity index (χ2n) is 5.36. The predicted molar refractivity (Wildman–Crippen MR) is 89.0 cm³/mol. The number of nitrogens with zero attached hydrogens (tertiary/aromatic N) is 3. The Kier molecular flexibility index (Phi) is 2.97. The van der Waals surface area contributed by atoms with Crippen molar-refractivity contribution in [3.05, 3.63) is 79.0 Å². The molecule has 3 heteroatoms. The maximum atomic E-state index is 4.38. The molecule has 3 nitrogen and oxygen atoms in total. The van der Waals surface area contributed by atoms with E-state index in [0.717, 1.165) is 16.9 Å². The highest BCUT2D eigenvalue weighted by molar-refractivity contribution is 5.86. The van der Waals surface area contributed by atoms with Crippen LogP contribution in [0.15, 0.2) is 73.3 Å². The molecule has 3 aromatic heterocycles. The molecule has 1 aromatic carbocycles. The summed E-state index contributed by atoms with van der Waals surface area (Å²) in [6, 6.07) is 16.8. The topological polar surface area (TPSA) is 30.7 Å². The maximum Gasteiger partial charge on any atom is 0.0639 e. The summed E-state index contributed by atoms with van der Waals surface area (Å²) >= 11 is 0. The molecular formula is C19H15N3. The zero-order chi connectivity index (χ0) is 14.9. The molecule has 0 saturated carbocycles. The van der Waals surface area contributed by atoms with Crippen molar-refractivity contribution in [3.63, 3.8) is 0 Å². The Morgan fingerprint density at radius 3 is 2.64 bits per heavy atom. The van der Waals surface area contributed by atoms with Crippen molar-refractivity contribution >= 4 is 10.9 Å². The number of aromatic nitrogens is 3. The molecule has 0 saturated heterocycles. The van der Waals surface area contributed by atoms with Gasteiger partial charge in [-0.05, 0) is 48.9 Å². The molecule has 22 heavy (non-hydrogen) atoms.